The van der Waals surface area contributed by atoms with Crippen LogP contribution >= 0.6 is 0 Å². The predicted octanol–water partition coefficient (Wildman–Crippen LogP) is 0.313. The second-order valence-electron chi connectivity index (χ2n) is 9.25. The van der Waals surface area contributed by atoms with Crippen LogP contribution in [0, 0.1) is 0 Å². The maximum Gasteiger partial charge on any atom is 0.186 e. The molecule has 0 radical (unpaired) electrons. The van der Waals surface area contributed by atoms with Crippen molar-refractivity contribution >= 4 is 0 Å². The molecule has 0 aromatic heterocycles. The topological polar surface area (TPSA) is 190 Å². The molecule has 37 heavy (non-hydrogen) atoms. The number of hydrogen-bond donors (Lipinski definition) is 8. The zero-order valence-corrected chi connectivity index (χ0v) is 20.6. The van der Waals surface area contributed by atoms with E-state index in [0.717, 1.165) is 5.56 Å². The fourth-order valence-electron chi connectivity index (χ4n) is 4.31. The second-order valence-corrected chi connectivity index (χ2v) is 9.25. The van der Waals surface area contributed by atoms with Gasteiger partial charge in [-0.3, -0.25) is 0 Å². The van der Waals surface area contributed by atoms with Gasteiger partial charge >= 0.3 is 0 Å². The van der Waals surface area contributed by atoms with Crippen LogP contribution in [-0.4, -0.2) is 97.5 Å². The smallest absolute Gasteiger partial charge is 0.186 e. The molecule has 206 valence electrons. The molecule has 11 nitrogen and oxygen atoms in total. The minimum Gasteiger partial charge on any atom is -0.504 e. The van der Waals surface area contributed by atoms with E-state index in [-0.39, 0.29) is 23.7 Å². The standard InChI is InChI=1S/C26H36O11/c1-35-21-9-5-14(11-20(21)31)2-6-16(28)12-17(7-3-15-4-8-18(29)19(30)10-15)36-26-25(34)24(33)23(32)22(13-27)37-26/h4-5,8-11,16-17,22-34H,2-3,6-7,12-13H2,1H3/t16-,17-,22+,23+,24-,25+,26+/m0/s1. The molecular weight excluding hydrogens is 488 g/mol. The van der Waals surface area contributed by atoms with Crippen LogP contribution in [0.25, 0.3) is 0 Å². The molecular formula is C26H36O11. The first kappa shape index (κ1) is 28.9. The van der Waals surface area contributed by atoms with E-state index in [9.17, 15) is 40.9 Å². The third-order valence-electron chi connectivity index (χ3n) is 6.51. The number of benzene rings is 2. The van der Waals surface area contributed by atoms with E-state index in [4.69, 9.17) is 14.2 Å². The number of aliphatic hydroxyl groups excluding tert-OH is 5. The predicted molar refractivity (Wildman–Crippen MR) is 130 cm³/mol. The van der Waals surface area contributed by atoms with Crippen LogP contribution in [0.2, 0.25) is 0 Å². The van der Waals surface area contributed by atoms with Gasteiger partial charge in [0.1, 0.15) is 24.4 Å². The first-order valence-electron chi connectivity index (χ1n) is 12.1. The van der Waals surface area contributed by atoms with Crippen LogP contribution in [0.3, 0.4) is 0 Å². The molecule has 0 amide bonds. The summed E-state index contributed by atoms with van der Waals surface area (Å²) in [5, 5.41) is 80.0. The van der Waals surface area contributed by atoms with Gasteiger partial charge < -0.3 is 55.1 Å². The summed E-state index contributed by atoms with van der Waals surface area (Å²) in [5.74, 6) is -0.183. The lowest BCUT2D eigenvalue weighted by Gasteiger charge is -2.41. The maximum absolute atomic E-state index is 10.7. The normalized spacial score (nSPS) is 25.5. The highest BCUT2D eigenvalue weighted by Gasteiger charge is 2.44. The average molecular weight is 525 g/mol. The minimum absolute atomic E-state index is 0.00420. The molecule has 2 aromatic rings. The number of phenolic OH excluding ortho intramolecular Hbond substituents is 3. The Hall–Kier alpha value is -2.64. The van der Waals surface area contributed by atoms with Crippen molar-refractivity contribution in [2.24, 2.45) is 0 Å². The third kappa shape index (κ3) is 7.68. The summed E-state index contributed by atoms with van der Waals surface area (Å²) in [6.07, 6.45) is -7.11. The molecule has 0 spiro atoms. The van der Waals surface area contributed by atoms with E-state index in [1.807, 2.05) is 0 Å². The van der Waals surface area contributed by atoms with Crippen molar-refractivity contribution in [3.05, 3.63) is 47.5 Å². The number of aryl methyl sites for hydroxylation is 2. The Bertz CT molecular complexity index is 998. The molecule has 1 fully saturated rings. The minimum atomic E-state index is -1.60. The summed E-state index contributed by atoms with van der Waals surface area (Å²) < 4.78 is 16.4. The Kier molecular flexibility index (Phi) is 10.4. The van der Waals surface area contributed by atoms with Crippen LogP contribution in [0.15, 0.2) is 36.4 Å². The highest BCUT2D eigenvalue weighted by molar-refractivity contribution is 5.42. The highest BCUT2D eigenvalue weighted by Crippen LogP contribution is 2.29. The lowest BCUT2D eigenvalue weighted by atomic mass is 9.97. The zero-order valence-electron chi connectivity index (χ0n) is 20.6. The second kappa shape index (κ2) is 13.2. The summed E-state index contributed by atoms with van der Waals surface area (Å²) in [4.78, 5) is 0. The fourth-order valence-corrected chi connectivity index (χ4v) is 4.31. The van der Waals surface area contributed by atoms with Gasteiger partial charge in [0.15, 0.2) is 29.3 Å². The van der Waals surface area contributed by atoms with Gasteiger partial charge in [0.05, 0.1) is 25.9 Å². The molecule has 8 N–H and O–H groups in total. The fraction of sp³-hybridized carbons (Fsp3) is 0.538. The molecule has 1 aliphatic heterocycles. The van der Waals surface area contributed by atoms with Crippen LogP contribution in [0.5, 0.6) is 23.0 Å². The summed E-state index contributed by atoms with van der Waals surface area (Å²) >= 11 is 0. The van der Waals surface area contributed by atoms with Crippen LogP contribution < -0.4 is 4.74 Å². The Balaban J connectivity index is 1.67. The average Bonchev–Trinajstić information content (AvgIpc) is 2.88. The Labute approximate surface area is 214 Å². The number of aliphatic hydroxyl groups is 5. The molecule has 1 saturated heterocycles. The summed E-state index contributed by atoms with van der Waals surface area (Å²) in [5.41, 5.74) is 1.49. The van der Waals surface area contributed by atoms with Crippen molar-refractivity contribution in [2.45, 2.75) is 75.0 Å². The molecule has 0 saturated carbocycles. The lowest BCUT2D eigenvalue weighted by molar-refractivity contribution is -0.313. The number of ether oxygens (including phenoxy) is 3. The monoisotopic (exact) mass is 524 g/mol. The molecule has 7 atom stereocenters. The Morgan fingerprint density at radius 3 is 2.11 bits per heavy atom. The van der Waals surface area contributed by atoms with E-state index in [2.05, 4.69) is 0 Å². The first-order valence-corrected chi connectivity index (χ1v) is 12.1. The molecule has 1 heterocycles. The highest BCUT2D eigenvalue weighted by atomic mass is 16.7. The molecule has 2 aromatic carbocycles. The van der Waals surface area contributed by atoms with Crippen molar-refractivity contribution in [2.75, 3.05) is 13.7 Å². The van der Waals surface area contributed by atoms with E-state index in [1.165, 1.54) is 19.2 Å². The Morgan fingerprint density at radius 2 is 1.49 bits per heavy atom. The lowest BCUT2D eigenvalue weighted by Crippen LogP contribution is -2.59. The van der Waals surface area contributed by atoms with E-state index in [1.54, 1.807) is 24.3 Å². The SMILES string of the molecule is COc1ccc(CC[C@H](O)C[C@H](CCc2ccc(O)c(O)c2)O[C@@H]2O[C@H](CO)[C@@H](O)[C@H](O)[C@H]2O)cc1O. The van der Waals surface area contributed by atoms with Gasteiger partial charge in [0, 0.05) is 0 Å². The van der Waals surface area contributed by atoms with Gasteiger partial charge in [-0.15, -0.1) is 0 Å². The summed E-state index contributed by atoms with van der Waals surface area (Å²) in [6.45, 7) is -0.598. The molecule has 1 aliphatic rings. The van der Waals surface area contributed by atoms with Gasteiger partial charge in [-0.2, -0.15) is 0 Å². The Morgan fingerprint density at radius 1 is 0.838 bits per heavy atom. The van der Waals surface area contributed by atoms with E-state index in [0.29, 0.717) is 37.0 Å². The van der Waals surface area contributed by atoms with Crippen LogP contribution in [0.1, 0.15) is 30.4 Å². The number of aromatic hydroxyl groups is 3. The number of rotatable bonds is 12. The van der Waals surface area contributed by atoms with Crippen molar-refractivity contribution in [3.8, 4) is 23.0 Å². The zero-order chi connectivity index (χ0) is 27.1. The van der Waals surface area contributed by atoms with Gasteiger partial charge in [-0.25, -0.2) is 0 Å². The quantitative estimate of drug-likeness (QED) is 0.178. The maximum atomic E-state index is 10.7. The van der Waals surface area contributed by atoms with Gasteiger partial charge in [0.25, 0.3) is 0 Å². The van der Waals surface area contributed by atoms with Gasteiger partial charge in [-0.05, 0) is 67.5 Å². The van der Waals surface area contributed by atoms with Crippen molar-refractivity contribution in [3.63, 3.8) is 0 Å². The number of phenols is 3. The summed E-state index contributed by atoms with van der Waals surface area (Å²) in [7, 11) is 1.45. The molecule has 0 bridgehead atoms. The van der Waals surface area contributed by atoms with Gasteiger partial charge in [-0.1, -0.05) is 12.1 Å². The van der Waals surface area contributed by atoms with E-state index < -0.39 is 49.5 Å². The third-order valence-corrected chi connectivity index (χ3v) is 6.51. The molecule has 3 rings (SSSR count). The van der Waals surface area contributed by atoms with Crippen LogP contribution in [0.4, 0.5) is 0 Å². The first-order chi connectivity index (χ1) is 17.6. The summed E-state index contributed by atoms with van der Waals surface area (Å²) in [6, 6.07) is 9.38. The van der Waals surface area contributed by atoms with Crippen molar-refractivity contribution < 1.29 is 55.1 Å². The molecule has 0 unspecified atom stereocenters. The van der Waals surface area contributed by atoms with Crippen molar-refractivity contribution in [1.29, 1.82) is 0 Å². The largest absolute Gasteiger partial charge is 0.504 e. The molecule has 11 heteroatoms. The van der Waals surface area contributed by atoms with Crippen LogP contribution in [-0.2, 0) is 22.3 Å². The van der Waals surface area contributed by atoms with Crippen molar-refractivity contribution in [1.82, 2.24) is 0 Å². The number of hydrogen-bond acceptors (Lipinski definition) is 11. The number of methoxy groups -OCH3 is 1. The van der Waals surface area contributed by atoms with E-state index >= 15 is 0 Å². The van der Waals surface area contributed by atoms with Gasteiger partial charge in [0.2, 0.25) is 0 Å². The molecule has 0 aliphatic carbocycles.